The molecule has 1 heteroatoms. The van der Waals surface area contributed by atoms with Gasteiger partial charge in [-0.2, -0.15) is 0 Å². The van der Waals surface area contributed by atoms with Crippen LogP contribution in [0.15, 0.2) is 30.3 Å². The molecule has 0 saturated carbocycles. The van der Waals surface area contributed by atoms with Crippen molar-refractivity contribution < 1.29 is 0 Å². The lowest BCUT2D eigenvalue weighted by atomic mass is 10.1. The molecule has 0 amide bonds. The summed E-state index contributed by atoms with van der Waals surface area (Å²) in [5, 5.41) is 3.22. The van der Waals surface area contributed by atoms with E-state index in [9.17, 15) is 0 Å². The standard InChI is InChI=1S/C12H11S/c1-9-3-5-11(6-4-9)12-7-10(2)8-13-12/h3-7H,1-2H3. The summed E-state index contributed by atoms with van der Waals surface area (Å²) in [6.07, 6.45) is 0. The summed E-state index contributed by atoms with van der Waals surface area (Å²) in [6.45, 7) is 4.18. The third kappa shape index (κ3) is 1.81. The van der Waals surface area contributed by atoms with Gasteiger partial charge in [0.05, 0.1) is 0 Å². The van der Waals surface area contributed by atoms with Crippen molar-refractivity contribution in [1.82, 2.24) is 0 Å². The van der Waals surface area contributed by atoms with Gasteiger partial charge in [-0.05, 0) is 31.0 Å². The molecule has 0 saturated heterocycles. The Labute approximate surface area is 82.9 Å². The van der Waals surface area contributed by atoms with Gasteiger partial charge in [0.2, 0.25) is 0 Å². The summed E-state index contributed by atoms with van der Waals surface area (Å²) in [7, 11) is 0. The molecule has 2 aromatic rings. The minimum absolute atomic E-state index is 1.22. The van der Waals surface area contributed by atoms with Crippen LogP contribution in [-0.4, -0.2) is 0 Å². The number of hydrogen-bond donors (Lipinski definition) is 0. The van der Waals surface area contributed by atoms with Crippen LogP contribution in [0.3, 0.4) is 0 Å². The van der Waals surface area contributed by atoms with E-state index >= 15 is 0 Å². The Hall–Kier alpha value is -1.08. The van der Waals surface area contributed by atoms with Crippen molar-refractivity contribution in [1.29, 1.82) is 0 Å². The van der Waals surface area contributed by atoms with E-state index in [1.165, 1.54) is 21.6 Å². The maximum Gasteiger partial charge on any atom is 0.0481 e. The van der Waals surface area contributed by atoms with Gasteiger partial charge in [-0.1, -0.05) is 29.8 Å². The monoisotopic (exact) mass is 187 g/mol. The second kappa shape index (κ2) is 3.35. The van der Waals surface area contributed by atoms with E-state index in [-0.39, 0.29) is 0 Å². The van der Waals surface area contributed by atoms with Gasteiger partial charge in [0.25, 0.3) is 0 Å². The normalized spacial score (nSPS) is 10.3. The molecule has 0 N–H and O–H groups in total. The number of hydrogen-bond acceptors (Lipinski definition) is 1. The van der Waals surface area contributed by atoms with Crippen molar-refractivity contribution in [3.8, 4) is 10.4 Å². The van der Waals surface area contributed by atoms with Crippen LogP contribution < -0.4 is 0 Å². The molecule has 0 fully saturated rings. The summed E-state index contributed by atoms with van der Waals surface area (Å²) < 4.78 is 0. The highest BCUT2D eigenvalue weighted by molar-refractivity contribution is 7.13. The molecule has 1 radical (unpaired) electrons. The van der Waals surface area contributed by atoms with Gasteiger partial charge in [0.1, 0.15) is 0 Å². The molecule has 0 nitrogen and oxygen atoms in total. The molecule has 13 heavy (non-hydrogen) atoms. The Morgan fingerprint density at radius 3 is 2.31 bits per heavy atom. The van der Waals surface area contributed by atoms with Crippen LogP contribution in [0, 0.1) is 19.2 Å². The lowest BCUT2D eigenvalue weighted by molar-refractivity contribution is 1.47. The predicted octanol–water partition coefficient (Wildman–Crippen LogP) is 3.83. The van der Waals surface area contributed by atoms with E-state index in [2.05, 4.69) is 49.6 Å². The fourth-order valence-corrected chi connectivity index (χ4v) is 2.07. The molecule has 0 aliphatic rings. The lowest BCUT2D eigenvalue weighted by Gasteiger charge is -1.96. The van der Waals surface area contributed by atoms with Crippen molar-refractivity contribution in [3.05, 3.63) is 46.8 Å². The van der Waals surface area contributed by atoms with E-state index in [1.54, 1.807) is 11.3 Å². The topological polar surface area (TPSA) is 0 Å². The Morgan fingerprint density at radius 2 is 1.77 bits per heavy atom. The first-order chi connectivity index (χ1) is 6.25. The van der Waals surface area contributed by atoms with Crippen LogP contribution in [0.4, 0.5) is 0 Å². The van der Waals surface area contributed by atoms with Crippen LogP contribution in [0.2, 0.25) is 0 Å². The van der Waals surface area contributed by atoms with Crippen molar-refractivity contribution in [3.63, 3.8) is 0 Å². The Balaban J connectivity index is 2.41. The molecule has 2 rings (SSSR count). The number of rotatable bonds is 1. The van der Waals surface area contributed by atoms with Gasteiger partial charge in [-0.25, -0.2) is 0 Å². The van der Waals surface area contributed by atoms with Crippen molar-refractivity contribution in [2.75, 3.05) is 0 Å². The first-order valence-corrected chi connectivity index (χ1v) is 5.12. The molecule has 0 unspecified atom stereocenters. The summed E-state index contributed by atoms with van der Waals surface area (Å²) in [6, 6.07) is 10.8. The summed E-state index contributed by atoms with van der Waals surface area (Å²) in [5.41, 5.74) is 3.82. The van der Waals surface area contributed by atoms with E-state index in [4.69, 9.17) is 0 Å². The highest BCUT2D eigenvalue weighted by atomic mass is 32.1. The molecule has 1 aromatic carbocycles. The summed E-state index contributed by atoms with van der Waals surface area (Å²) in [5.74, 6) is 0. The minimum Gasteiger partial charge on any atom is -0.134 e. The fourth-order valence-electron chi connectivity index (χ4n) is 1.25. The fraction of sp³-hybridized carbons (Fsp3) is 0.167. The zero-order valence-electron chi connectivity index (χ0n) is 7.79. The molecular formula is C12H11S. The second-order valence-corrected chi connectivity index (χ2v) is 4.11. The number of benzene rings is 1. The van der Waals surface area contributed by atoms with Crippen LogP contribution >= 0.6 is 11.3 Å². The van der Waals surface area contributed by atoms with Crippen molar-refractivity contribution in [2.24, 2.45) is 0 Å². The molecule has 0 spiro atoms. The van der Waals surface area contributed by atoms with Crippen molar-refractivity contribution in [2.45, 2.75) is 13.8 Å². The molecule has 1 aromatic heterocycles. The van der Waals surface area contributed by atoms with Gasteiger partial charge < -0.3 is 0 Å². The van der Waals surface area contributed by atoms with E-state index < -0.39 is 0 Å². The van der Waals surface area contributed by atoms with E-state index in [1.807, 2.05) is 0 Å². The van der Waals surface area contributed by atoms with Gasteiger partial charge in [-0.15, -0.1) is 11.3 Å². The first kappa shape index (κ1) is 8.52. The molecule has 0 aliphatic heterocycles. The summed E-state index contributed by atoms with van der Waals surface area (Å²) in [4.78, 5) is 1.30. The van der Waals surface area contributed by atoms with Gasteiger partial charge >= 0.3 is 0 Å². The largest absolute Gasteiger partial charge is 0.134 e. The molecule has 0 atom stereocenters. The molecule has 0 aliphatic carbocycles. The molecular weight excluding hydrogens is 176 g/mol. The highest BCUT2D eigenvalue weighted by Gasteiger charge is 1.99. The van der Waals surface area contributed by atoms with Crippen molar-refractivity contribution >= 4 is 11.3 Å². The van der Waals surface area contributed by atoms with Gasteiger partial charge in [-0.3, -0.25) is 0 Å². The van der Waals surface area contributed by atoms with Crippen LogP contribution in [0.1, 0.15) is 11.1 Å². The van der Waals surface area contributed by atoms with Gasteiger partial charge in [0.15, 0.2) is 0 Å². The van der Waals surface area contributed by atoms with Crippen LogP contribution in [-0.2, 0) is 0 Å². The predicted molar refractivity (Wildman–Crippen MR) is 58.1 cm³/mol. The molecule has 0 bridgehead atoms. The Bertz CT molecular complexity index is 395. The zero-order chi connectivity index (χ0) is 9.26. The second-order valence-electron chi connectivity index (χ2n) is 3.26. The van der Waals surface area contributed by atoms with E-state index in [0.29, 0.717) is 0 Å². The minimum atomic E-state index is 1.22. The molecule has 1 heterocycles. The maximum atomic E-state index is 3.22. The SMILES string of the molecule is Cc1[c]sc(-c2ccc(C)cc2)c1. The number of thiophene rings is 1. The third-order valence-electron chi connectivity index (χ3n) is 2.01. The lowest BCUT2D eigenvalue weighted by Crippen LogP contribution is -1.73. The molecule has 65 valence electrons. The Morgan fingerprint density at radius 1 is 1.08 bits per heavy atom. The van der Waals surface area contributed by atoms with E-state index in [0.717, 1.165) is 0 Å². The Kier molecular flexibility index (Phi) is 2.19. The summed E-state index contributed by atoms with van der Waals surface area (Å²) >= 11 is 1.68. The average Bonchev–Trinajstić information content (AvgIpc) is 2.53. The maximum absolute atomic E-state index is 3.22. The van der Waals surface area contributed by atoms with Crippen LogP contribution in [0.25, 0.3) is 10.4 Å². The van der Waals surface area contributed by atoms with Gasteiger partial charge in [0, 0.05) is 10.3 Å². The quantitative estimate of drug-likeness (QED) is 0.636. The average molecular weight is 187 g/mol. The smallest absolute Gasteiger partial charge is 0.0481 e. The first-order valence-electron chi connectivity index (χ1n) is 4.31. The number of aryl methyl sites for hydroxylation is 2. The third-order valence-corrected chi connectivity index (χ3v) is 3.00. The highest BCUT2D eigenvalue weighted by Crippen LogP contribution is 2.26. The van der Waals surface area contributed by atoms with Crippen LogP contribution in [0.5, 0.6) is 0 Å². The zero-order valence-corrected chi connectivity index (χ0v) is 8.61.